The molecule has 2 atom stereocenters. The maximum atomic E-state index is 12.8. The first-order chi connectivity index (χ1) is 15.8. The van der Waals surface area contributed by atoms with Crippen molar-refractivity contribution in [3.8, 4) is 5.75 Å². The lowest BCUT2D eigenvalue weighted by Crippen LogP contribution is -2.36. The van der Waals surface area contributed by atoms with Crippen molar-refractivity contribution in [1.82, 2.24) is 0 Å². The number of hydrogen-bond donors (Lipinski definition) is 0. The summed E-state index contributed by atoms with van der Waals surface area (Å²) in [5, 5.41) is 10.8. The molecule has 1 fully saturated rings. The van der Waals surface area contributed by atoms with Gasteiger partial charge in [0.1, 0.15) is 17.6 Å². The van der Waals surface area contributed by atoms with Crippen LogP contribution in [0.3, 0.4) is 0 Å². The van der Waals surface area contributed by atoms with Gasteiger partial charge >= 0.3 is 5.97 Å². The van der Waals surface area contributed by atoms with Crippen molar-refractivity contribution in [2.24, 2.45) is 5.41 Å². The molecule has 7 nitrogen and oxygen atoms in total. The van der Waals surface area contributed by atoms with E-state index in [1.165, 1.54) is 41.0 Å². The van der Waals surface area contributed by atoms with E-state index in [9.17, 15) is 19.7 Å². The van der Waals surface area contributed by atoms with E-state index in [1.807, 2.05) is 13.0 Å². The van der Waals surface area contributed by atoms with E-state index >= 15 is 0 Å². The molecule has 2 aromatic carbocycles. The summed E-state index contributed by atoms with van der Waals surface area (Å²) in [5.41, 5.74) is 2.99. The van der Waals surface area contributed by atoms with E-state index in [2.05, 4.69) is 18.2 Å². The third kappa shape index (κ3) is 4.53. The van der Waals surface area contributed by atoms with Crippen LogP contribution >= 0.6 is 0 Å². The zero-order valence-electron chi connectivity index (χ0n) is 18.8. The lowest BCUT2D eigenvalue weighted by molar-refractivity contribution is -0.384. The maximum absolute atomic E-state index is 12.8. The van der Waals surface area contributed by atoms with Gasteiger partial charge in [-0.2, -0.15) is 0 Å². The van der Waals surface area contributed by atoms with Gasteiger partial charge in [-0.1, -0.05) is 12.1 Å². The zero-order valence-corrected chi connectivity index (χ0v) is 18.8. The quantitative estimate of drug-likeness (QED) is 0.337. The monoisotopic (exact) mass is 449 g/mol. The molecule has 0 bridgehead atoms. The summed E-state index contributed by atoms with van der Waals surface area (Å²) < 4.78 is 11.1. The number of aryl methyl sites for hydroxylation is 1. The first-order valence-corrected chi connectivity index (χ1v) is 11.2. The number of fused-ring (bicyclic) bond motifs is 1. The van der Waals surface area contributed by atoms with Crippen LogP contribution in [0.4, 0.5) is 5.69 Å². The molecule has 2 unspecified atom stereocenters. The number of ether oxygens (including phenoxy) is 2. The molecule has 0 N–H and O–H groups in total. The van der Waals surface area contributed by atoms with Crippen LogP contribution < -0.4 is 4.74 Å². The number of nitro groups is 1. The Labute approximate surface area is 192 Å². The Morgan fingerprint density at radius 2 is 1.94 bits per heavy atom. The van der Waals surface area contributed by atoms with E-state index in [-0.39, 0.29) is 17.0 Å². The number of rotatable bonds is 6. The van der Waals surface area contributed by atoms with Crippen molar-refractivity contribution in [3.63, 3.8) is 0 Å². The van der Waals surface area contributed by atoms with Crippen molar-refractivity contribution >= 4 is 23.0 Å². The van der Waals surface area contributed by atoms with Crippen LogP contribution in [0.15, 0.2) is 48.5 Å². The van der Waals surface area contributed by atoms with Gasteiger partial charge in [-0.3, -0.25) is 14.9 Å². The number of esters is 1. The molecule has 0 aromatic heterocycles. The predicted octanol–water partition coefficient (Wildman–Crippen LogP) is 5.31. The standard InChI is InChI=1S/C26H27NO6/c1-26(15-14-17-4-3-5-19-16-21(32-2)10-11-22(17)19)23(28)12-13-24(26)33-25(29)18-6-8-20(9-7-18)27(30)31/h6-11,14,16,24H,3-5,12-13,15H2,1-2H3. The number of non-ortho nitro benzene ring substituents is 1. The molecule has 2 aliphatic carbocycles. The summed E-state index contributed by atoms with van der Waals surface area (Å²) in [6, 6.07) is 11.4. The fourth-order valence-corrected chi connectivity index (χ4v) is 4.76. The number of allylic oxidation sites excluding steroid dienone is 2. The van der Waals surface area contributed by atoms with Gasteiger partial charge in [-0.05, 0) is 80.0 Å². The van der Waals surface area contributed by atoms with E-state index in [0.717, 1.165) is 25.0 Å². The van der Waals surface area contributed by atoms with Crippen molar-refractivity contribution in [3.05, 3.63) is 75.3 Å². The molecule has 172 valence electrons. The van der Waals surface area contributed by atoms with Gasteiger partial charge in [-0.15, -0.1) is 0 Å². The van der Waals surface area contributed by atoms with Crippen LogP contribution in [0.1, 0.15) is 60.5 Å². The molecule has 0 heterocycles. The second kappa shape index (κ2) is 9.17. The Hall–Kier alpha value is -3.48. The number of Topliss-reactive ketones (excluding diaryl/α,β-unsaturated/α-hetero) is 1. The van der Waals surface area contributed by atoms with Crippen molar-refractivity contribution < 1.29 is 24.0 Å². The number of benzene rings is 2. The maximum Gasteiger partial charge on any atom is 0.338 e. The summed E-state index contributed by atoms with van der Waals surface area (Å²) >= 11 is 0. The van der Waals surface area contributed by atoms with Crippen LogP contribution in [0, 0.1) is 15.5 Å². The lowest BCUT2D eigenvalue weighted by Gasteiger charge is -2.29. The minimum absolute atomic E-state index is 0.0895. The first-order valence-electron chi connectivity index (χ1n) is 11.2. The van der Waals surface area contributed by atoms with Crippen LogP contribution in [-0.4, -0.2) is 29.9 Å². The number of hydrogen-bond acceptors (Lipinski definition) is 6. The highest BCUT2D eigenvalue weighted by Gasteiger charge is 2.47. The average Bonchev–Trinajstić information content (AvgIpc) is 3.10. The molecule has 0 amide bonds. The second-order valence-corrected chi connectivity index (χ2v) is 8.89. The van der Waals surface area contributed by atoms with E-state index in [1.54, 1.807) is 7.11 Å². The summed E-state index contributed by atoms with van der Waals surface area (Å²) in [6.45, 7) is 1.87. The average molecular weight is 450 g/mol. The number of nitrogens with zero attached hydrogens (tertiary/aromatic N) is 1. The molecule has 0 saturated heterocycles. The predicted molar refractivity (Wildman–Crippen MR) is 123 cm³/mol. The molecule has 7 heteroatoms. The van der Waals surface area contributed by atoms with Crippen molar-refractivity contribution in [2.75, 3.05) is 7.11 Å². The topological polar surface area (TPSA) is 95.7 Å². The van der Waals surface area contributed by atoms with Gasteiger partial charge in [0.2, 0.25) is 0 Å². The normalized spacial score (nSPS) is 23.3. The Kier molecular flexibility index (Phi) is 6.31. The molecule has 1 saturated carbocycles. The molecular weight excluding hydrogens is 422 g/mol. The summed E-state index contributed by atoms with van der Waals surface area (Å²) in [4.78, 5) is 35.8. The van der Waals surface area contributed by atoms with Gasteiger partial charge in [0.25, 0.3) is 5.69 Å². The highest BCUT2D eigenvalue weighted by molar-refractivity contribution is 5.92. The molecule has 2 aromatic rings. The van der Waals surface area contributed by atoms with Crippen LogP contribution in [-0.2, 0) is 16.0 Å². The van der Waals surface area contributed by atoms with Gasteiger partial charge in [0, 0.05) is 18.6 Å². The molecule has 33 heavy (non-hydrogen) atoms. The largest absolute Gasteiger partial charge is 0.497 e. The Bertz CT molecular complexity index is 1120. The van der Waals surface area contributed by atoms with E-state index in [4.69, 9.17) is 9.47 Å². The van der Waals surface area contributed by atoms with Gasteiger partial charge < -0.3 is 9.47 Å². The number of methoxy groups -OCH3 is 1. The highest BCUT2D eigenvalue weighted by atomic mass is 16.6. The Morgan fingerprint density at radius 3 is 2.64 bits per heavy atom. The van der Waals surface area contributed by atoms with Crippen LogP contribution in [0.5, 0.6) is 5.75 Å². The smallest absolute Gasteiger partial charge is 0.338 e. The van der Waals surface area contributed by atoms with Gasteiger partial charge in [0.05, 0.1) is 23.0 Å². The van der Waals surface area contributed by atoms with E-state index < -0.39 is 22.4 Å². The van der Waals surface area contributed by atoms with E-state index in [0.29, 0.717) is 19.3 Å². The molecule has 2 aliphatic rings. The molecule has 0 radical (unpaired) electrons. The third-order valence-electron chi connectivity index (χ3n) is 6.87. The Morgan fingerprint density at radius 1 is 1.18 bits per heavy atom. The van der Waals surface area contributed by atoms with Gasteiger partial charge in [-0.25, -0.2) is 4.79 Å². The first kappa shape index (κ1) is 22.7. The van der Waals surface area contributed by atoms with Crippen molar-refractivity contribution in [2.45, 2.75) is 51.6 Å². The van der Waals surface area contributed by atoms with Crippen molar-refractivity contribution in [1.29, 1.82) is 0 Å². The number of carbonyl (C=O) groups is 2. The summed E-state index contributed by atoms with van der Waals surface area (Å²) in [7, 11) is 1.66. The van der Waals surface area contributed by atoms with Crippen LogP contribution in [0.25, 0.3) is 5.57 Å². The number of nitro benzene ring substituents is 1. The van der Waals surface area contributed by atoms with Crippen LogP contribution in [0.2, 0.25) is 0 Å². The fourth-order valence-electron chi connectivity index (χ4n) is 4.76. The van der Waals surface area contributed by atoms with Gasteiger partial charge in [0.15, 0.2) is 0 Å². The lowest BCUT2D eigenvalue weighted by atomic mass is 9.79. The SMILES string of the molecule is COc1ccc2c(c1)CCCC2=CCC1(C)C(=O)CCC1OC(=O)c1ccc([N+](=O)[O-])cc1. The number of ketones is 1. The molecule has 4 rings (SSSR count). The zero-order chi connectivity index (χ0) is 23.6. The molecule has 0 aliphatic heterocycles. The molecule has 0 spiro atoms. The fraction of sp³-hybridized carbons (Fsp3) is 0.385. The second-order valence-electron chi connectivity index (χ2n) is 8.89. The summed E-state index contributed by atoms with van der Waals surface area (Å²) in [6.07, 6.45) is 5.90. The Balaban J connectivity index is 1.51. The summed E-state index contributed by atoms with van der Waals surface area (Å²) in [5.74, 6) is 0.358. The third-order valence-corrected chi connectivity index (χ3v) is 6.87. The molecular formula is C26H27NO6. The number of carbonyl (C=O) groups excluding carboxylic acids is 2. The minimum atomic E-state index is -0.798. The minimum Gasteiger partial charge on any atom is -0.497 e. The highest BCUT2D eigenvalue weighted by Crippen LogP contribution is 2.42.